The lowest BCUT2D eigenvalue weighted by Crippen LogP contribution is -2.37. The highest BCUT2D eigenvalue weighted by Gasteiger charge is 2.17. The maximum Gasteiger partial charge on any atom is 0.223 e. The summed E-state index contributed by atoms with van der Waals surface area (Å²) in [5.41, 5.74) is 5.58. The summed E-state index contributed by atoms with van der Waals surface area (Å²) in [6, 6.07) is 1.99. The van der Waals surface area contributed by atoms with E-state index in [1.165, 1.54) is 0 Å². The van der Waals surface area contributed by atoms with Gasteiger partial charge < -0.3 is 15.7 Å². The Kier molecular flexibility index (Phi) is 5.44. The molecule has 6 heteroatoms. The molecule has 0 spiro atoms. The molecule has 0 amide bonds. The first kappa shape index (κ1) is 14.0. The van der Waals surface area contributed by atoms with Crippen molar-refractivity contribution in [1.29, 1.82) is 0 Å². The first-order chi connectivity index (χ1) is 8.12. The predicted octanol–water partition coefficient (Wildman–Crippen LogP) is 1.70. The largest absolute Gasteiger partial charge is 0.395 e. The van der Waals surface area contributed by atoms with E-state index in [0.29, 0.717) is 23.6 Å². The summed E-state index contributed by atoms with van der Waals surface area (Å²) < 4.78 is 0. The van der Waals surface area contributed by atoms with Gasteiger partial charge in [-0.3, -0.25) is 0 Å². The standard InChI is InChI=1S/C11H19ClN4O/c1-3-8(4-2)16(5-6-17)10-7-9(12)14-11(13)15-10/h7-8,17H,3-6H2,1-2H3,(H2,13,14,15). The molecule has 0 aromatic carbocycles. The lowest BCUT2D eigenvalue weighted by Gasteiger charge is -2.31. The van der Waals surface area contributed by atoms with Crippen LogP contribution in [0.2, 0.25) is 5.15 Å². The summed E-state index contributed by atoms with van der Waals surface area (Å²) in [6.07, 6.45) is 1.94. The zero-order valence-electron chi connectivity index (χ0n) is 10.2. The van der Waals surface area contributed by atoms with Crippen molar-refractivity contribution in [3.63, 3.8) is 0 Å². The average molecular weight is 259 g/mol. The van der Waals surface area contributed by atoms with Crippen molar-refractivity contribution in [2.24, 2.45) is 0 Å². The van der Waals surface area contributed by atoms with Crippen LogP contribution in [-0.4, -0.2) is 34.3 Å². The second-order valence-corrected chi connectivity index (χ2v) is 4.18. The van der Waals surface area contributed by atoms with Gasteiger partial charge in [-0.25, -0.2) is 4.98 Å². The highest BCUT2D eigenvalue weighted by atomic mass is 35.5. The van der Waals surface area contributed by atoms with Gasteiger partial charge in [0.2, 0.25) is 5.95 Å². The SMILES string of the molecule is CCC(CC)N(CCO)c1cc(Cl)nc(N)n1. The molecule has 0 aliphatic carbocycles. The Labute approximate surface area is 107 Å². The van der Waals surface area contributed by atoms with Gasteiger partial charge in [0.25, 0.3) is 0 Å². The fraction of sp³-hybridized carbons (Fsp3) is 0.636. The van der Waals surface area contributed by atoms with Gasteiger partial charge in [0.05, 0.1) is 6.61 Å². The van der Waals surface area contributed by atoms with E-state index in [1.807, 2.05) is 4.90 Å². The van der Waals surface area contributed by atoms with Crippen molar-refractivity contribution in [2.75, 3.05) is 23.8 Å². The third-order valence-corrected chi connectivity index (χ3v) is 2.91. The number of aliphatic hydroxyl groups excluding tert-OH is 1. The van der Waals surface area contributed by atoms with Crippen molar-refractivity contribution in [2.45, 2.75) is 32.7 Å². The maximum atomic E-state index is 9.13. The van der Waals surface area contributed by atoms with Crippen LogP contribution in [0.4, 0.5) is 11.8 Å². The van der Waals surface area contributed by atoms with Gasteiger partial charge in [-0.1, -0.05) is 25.4 Å². The molecule has 1 heterocycles. The molecule has 0 saturated heterocycles. The van der Waals surface area contributed by atoms with Crippen LogP contribution in [-0.2, 0) is 0 Å². The molecule has 5 nitrogen and oxygen atoms in total. The van der Waals surface area contributed by atoms with Crippen molar-refractivity contribution >= 4 is 23.4 Å². The van der Waals surface area contributed by atoms with Gasteiger partial charge in [-0.15, -0.1) is 0 Å². The first-order valence-electron chi connectivity index (χ1n) is 5.79. The van der Waals surface area contributed by atoms with Crippen LogP contribution in [0.1, 0.15) is 26.7 Å². The highest BCUT2D eigenvalue weighted by Crippen LogP contribution is 2.21. The van der Waals surface area contributed by atoms with E-state index in [-0.39, 0.29) is 12.6 Å². The normalized spacial score (nSPS) is 10.9. The number of aromatic nitrogens is 2. The Bertz CT molecular complexity index is 337. The fourth-order valence-electron chi connectivity index (χ4n) is 1.89. The quantitative estimate of drug-likeness (QED) is 0.760. The number of hydrogen-bond acceptors (Lipinski definition) is 5. The molecule has 0 atom stereocenters. The molecule has 0 aliphatic rings. The number of anilines is 2. The van der Waals surface area contributed by atoms with E-state index in [0.717, 1.165) is 12.8 Å². The number of aliphatic hydroxyl groups is 1. The van der Waals surface area contributed by atoms with Crippen molar-refractivity contribution in [3.8, 4) is 0 Å². The number of halogens is 1. The van der Waals surface area contributed by atoms with Crippen LogP contribution in [0, 0.1) is 0 Å². The van der Waals surface area contributed by atoms with Gasteiger partial charge in [-0.2, -0.15) is 4.98 Å². The van der Waals surface area contributed by atoms with Crippen molar-refractivity contribution in [1.82, 2.24) is 9.97 Å². The molecule has 0 radical (unpaired) electrons. The van der Waals surface area contributed by atoms with Gasteiger partial charge in [0, 0.05) is 18.7 Å². The average Bonchev–Trinajstić information content (AvgIpc) is 2.28. The van der Waals surface area contributed by atoms with E-state index in [2.05, 4.69) is 23.8 Å². The number of nitrogens with two attached hydrogens (primary N) is 1. The predicted molar refractivity (Wildman–Crippen MR) is 70.3 cm³/mol. The van der Waals surface area contributed by atoms with Crippen LogP contribution in [0.15, 0.2) is 6.07 Å². The summed E-state index contributed by atoms with van der Waals surface area (Å²) in [4.78, 5) is 10.0. The summed E-state index contributed by atoms with van der Waals surface area (Å²) >= 11 is 5.87. The van der Waals surface area contributed by atoms with Crippen molar-refractivity contribution < 1.29 is 5.11 Å². The van der Waals surface area contributed by atoms with Gasteiger partial charge >= 0.3 is 0 Å². The second-order valence-electron chi connectivity index (χ2n) is 3.79. The summed E-state index contributed by atoms with van der Waals surface area (Å²) in [6.45, 7) is 4.78. The van der Waals surface area contributed by atoms with E-state index in [1.54, 1.807) is 6.07 Å². The van der Waals surface area contributed by atoms with E-state index < -0.39 is 0 Å². The topological polar surface area (TPSA) is 75.3 Å². The molecule has 1 aromatic rings. The number of rotatable bonds is 6. The molecule has 1 rings (SSSR count). The van der Waals surface area contributed by atoms with Crippen LogP contribution in [0.5, 0.6) is 0 Å². The van der Waals surface area contributed by atoms with E-state index >= 15 is 0 Å². The zero-order valence-corrected chi connectivity index (χ0v) is 11.0. The second kappa shape index (κ2) is 6.61. The highest BCUT2D eigenvalue weighted by molar-refractivity contribution is 6.29. The van der Waals surface area contributed by atoms with Gasteiger partial charge in [0.1, 0.15) is 11.0 Å². The number of nitrogens with zero attached hydrogens (tertiary/aromatic N) is 3. The van der Waals surface area contributed by atoms with E-state index in [4.69, 9.17) is 22.4 Å². The van der Waals surface area contributed by atoms with Crippen LogP contribution >= 0.6 is 11.6 Å². The van der Waals surface area contributed by atoms with Crippen LogP contribution in [0.25, 0.3) is 0 Å². The van der Waals surface area contributed by atoms with Gasteiger partial charge in [-0.05, 0) is 12.8 Å². The molecular formula is C11H19ClN4O. The Balaban J connectivity index is 3.03. The summed E-state index contributed by atoms with van der Waals surface area (Å²) in [7, 11) is 0. The Morgan fingerprint density at radius 3 is 2.53 bits per heavy atom. The maximum absolute atomic E-state index is 9.13. The zero-order chi connectivity index (χ0) is 12.8. The van der Waals surface area contributed by atoms with Crippen LogP contribution < -0.4 is 10.6 Å². The van der Waals surface area contributed by atoms with E-state index in [9.17, 15) is 0 Å². The Hall–Kier alpha value is -1.07. The fourth-order valence-corrected chi connectivity index (χ4v) is 2.08. The molecule has 0 unspecified atom stereocenters. The van der Waals surface area contributed by atoms with Crippen molar-refractivity contribution in [3.05, 3.63) is 11.2 Å². The smallest absolute Gasteiger partial charge is 0.223 e. The molecule has 0 saturated carbocycles. The molecule has 0 aliphatic heterocycles. The van der Waals surface area contributed by atoms with Crippen LogP contribution in [0.3, 0.4) is 0 Å². The minimum absolute atomic E-state index is 0.0675. The molecular weight excluding hydrogens is 240 g/mol. The molecule has 1 aromatic heterocycles. The summed E-state index contributed by atoms with van der Waals surface area (Å²) in [5, 5.41) is 9.45. The van der Waals surface area contributed by atoms with Gasteiger partial charge in [0.15, 0.2) is 0 Å². The molecule has 3 N–H and O–H groups in total. The minimum Gasteiger partial charge on any atom is -0.395 e. The Morgan fingerprint density at radius 1 is 1.41 bits per heavy atom. The third-order valence-electron chi connectivity index (χ3n) is 2.72. The molecule has 17 heavy (non-hydrogen) atoms. The first-order valence-corrected chi connectivity index (χ1v) is 6.17. The molecule has 0 bridgehead atoms. The monoisotopic (exact) mass is 258 g/mol. The summed E-state index contributed by atoms with van der Waals surface area (Å²) in [5.74, 6) is 0.826. The molecule has 96 valence electrons. The third kappa shape index (κ3) is 3.71. The minimum atomic E-state index is 0.0675. The molecule has 0 fully saturated rings. The lowest BCUT2D eigenvalue weighted by molar-refractivity contribution is 0.295. The number of hydrogen-bond donors (Lipinski definition) is 2. The number of nitrogen functional groups attached to an aromatic ring is 1. The Morgan fingerprint density at radius 2 is 2.06 bits per heavy atom. The lowest BCUT2D eigenvalue weighted by atomic mass is 10.1.